The minimum absolute atomic E-state index is 0.679. The molecule has 2 N–H and O–H groups in total. The van der Waals surface area contributed by atoms with Gasteiger partial charge in [0.15, 0.2) is 5.82 Å². The number of aryl methyl sites for hydroxylation is 1. The Kier molecular flexibility index (Phi) is 2.64. The lowest BCUT2D eigenvalue weighted by atomic mass is 10.1. The molecule has 0 unspecified atom stereocenters. The van der Waals surface area contributed by atoms with Gasteiger partial charge in [-0.15, -0.1) is 5.10 Å². The Morgan fingerprint density at radius 3 is 2.78 bits per heavy atom. The van der Waals surface area contributed by atoms with E-state index in [1.807, 2.05) is 25.3 Å². The molecule has 0 saturated carbocycles. The van der Waals surface area contributed by atoms with E-state index in [2.05, 4.69) is 37.8 Å². The highest BCUT2D eigenvalue weighted by Gasteiger charge is 2.05. The molecule has 5 heteroatoms. The number of benzene rings is 1. The summed E-state index contributed by atoms with van der Waals surface area (Å²) < 4.78 is 0. The fourth-order valence-electron chi connectivity index (χ4n) is 1.93. The minimum atomic E-state index is 0.679. The van der Waals surface area contributed by atoms with Gasteiger partial charge >= 0.3 is 0 Å². The Hall–Kier alpha value is -2.43. The van der Waals surface area contributed by atoms with Crippen molar-refractivity contribution in [3.05, 3.63) is 47.9 Å². The number of aromatic nitrogens is 4. The summed E-state index contributed by atoms with van der Waals surface area (Å²) in [7, 11) is 0. The average Bonchev–Trinajstić information content (AvgIpc) is 2.92. The molecule has 90 valence electrons. The largest absolute Gasteiger partial charge is 0.364 e. The predicted molar refractivity (Wildman–Crippen MR) is 70.2 cm³/mol. The maximum Gasteiger partial charge on any atom is 0.156 e. The molecule has 0 spiro atoms. The number of anilines is 1. The lowest BCUT2D eigenvalue weighted by molar-refractivity contribution is 0.983. The summed E-state index contributed by atoms with van der Waals surface area (Å²) in [5.41, 5.74) is 2.03. The van der Waals surface area contributed by atoms with E-state index in [1.54, 1.807) is 6.20 Å². The topological polar surface area (TPSA) is 66.5 Å². The Morgan fingerprint density at radius 1 is 1.17 bits per heavy atom. The van der Waals surface area contributed by atoms with Gasteiger partial charge < -0.3 is 5.32 Å². The SMILES string of the molecule is Cc1nnc(NCc2cn[nH]c2)c2ccccc12. The van der Waals surface area contributed by atoms with E-state index in [9.17, 15) is 0 Å². The van der Waals surface area contributed by atoms with Gasteiger partial charge in [0.2, 0.25) is 0 Å². The van der Waals surface area contributed by atoms with Gasteiger partial charge in [-0.2, -0.15) is 10.2 Å². The van der Waals surface area contributed by atoms with E-state index < -0.39 is 0 Å². The number of H-pyrrole nitrogens is 1. The molecular formula is C13H13N5. The molecule has 2 heterocycles. The fraction of sp³-hybridized carbons (Fsp3) is 0.154. The first-order chi connectivity index (χ1) is 8.84. The third-order valence-electron chi connectivity index (χ3n) is 2.89. The standard InChI is InChI=1S/C13H13N5/c1-9-11-4-2-3-5-12(11)13(18-17-9)14-6-10-7-15-16-8-10/h2-5,7-8H,6H2,1H3,(H,14,18)(H,15,16). The van der Waals surface area contributed by atoms with Crippen LogP contribution in [0.2, 0.25) is 0 Å². The van der Waals surface area contributed by atoms with Crippen molar-refractivity contribution < 1.29 is 0 Å². The van der Waals surface area contributed by atoms with Crippen molar-refractivity contribution in [1.82, 2.24) is 20.4 Å². The first-order valence-electron chi connectivity index (χ1n) is 5.78. The van der Waals surface area contributed by atoms with Gasteiger partial charge in [0.05, 0.1) is 11.9 Å². The first-order valence-corrected chi connectivity index (χ1v) is 5.78. The summed E-state index contributed by atoms with van der Waals surface area (Å²) in [6, 6.07) is 8.13. The van der Waals surface area contributed by atoms with Crippen LogP contribution in [0, 0.1) is 6.92 Å². The average molecular weight is 239 g/mol. The molecule has 3 rings (SSSR count). The van der Waals surface area contributed by atoms with Crippen LogP contribution in [-0.4, -0.2) is 20.4 Å². The van der Waals surface area contributed by atoms with E-state index in [4.69, 9.17) is 0 Å². The van der Waals surface area contributed by atoms with E-state index in [1.165, 1.54) is 0 Å². The number of aromatic amines is 1. The van der Waals surface area contributed by atoms with Crippen molar-refractivity contribution in [2.45, 2.75) is 13.5 Å². The molecule has 2 aromatic heterocycles. The highest BCUT2D eigenvalue weighted by atomic mass is 15.2. The Labute approximate surface area is 104 Å². The zero-order chi connectivity index (χ0) is 12.4. The summed E-state index contributed by atoms with van der Waals surface area (Å²) in [6.07, 6.45) is 3.65. The van der Waals surface area contributed by atoms with Gasteiger partial charge in [-0.25, -0.2) is 0 Å². The Morgan fingerprint density at radius 2 is 2.00 bits per heavy atom. The van der Waals surface area contributed by atoms with Crippen LogP contribution in [0.25, 0.3) is 10.8 Å². The number of hydrogen-bond donors (Lipinski definition) is 2. The third-order valence-corrected chi connectivity index (χ3v) is 2.89. The zero-order valence-electron chi connectivity index (χ0n) is 10.0. The summed E-state index contributed by atoms with van der Waals surface area (Å²) in [6.45, 7) is 2.65. The second kappa shape index (κ2) is 4.44. The Balaban J connectivity index is 1.94. The van der Waals surface area contributed by atoms with E-state index in [-0.39, 0.29) is 0 Å². The molecule has 1 aromatic carbocycles. The quantitative estimate of drug-likeness (QED) is 0.735. The van der Waals surface area contributed by atoms with Gasteiger partial charge in [-0.3, -0.25) is 5.10 Å². The molecule has 0 aliphatic heterocycles. The lowest BCUT2D eigenvalue weighted by Gasteiger charge is -2.08. The summed E-state index contributed by atoms with van der Waals surface area (Å²) in [4.78, 5) is 0. The highest BCUT2D eigenvalue weighted by Crippen LogP contribution is 2.22. The number of nitrogens with one attached hydrogen (secondary N) is 2. The third kappa shape index (κ3) is 1.90. The molecule has 0 fully saturated rings. The van der Waals surface area contributed by atoms with E-state index in [0.29, 0.717) is 6.54 Å². The van der Waals surface area contributed by atoms with Crippen molar-refractivity contribution in [2.24, 2.45) is 0 Å². The molecule has 0 radical (unpaired) electrons. The van der Waals surface area contributed by atoms with Crippen molar-refractivity contribution in [2.75, 3.05) is 5.32 Å². The van der Waals surface area contributed by atoms with Crippen LogP contribution >= 0.6 is 0 Å². The van der Waals surface area contributed by atoms with Crippen LogP contribution < -0.4 is 5.32 Å². The predicted octanol–water partition coefficient (Wildman–Crippen LogP) is 2.27. The van der Waals surface area contributed by atoms with Crippen LogP contribution in [0.1, 0.15) is 11.3 Å². The lowest BCUT2D eigenvalue weighted by Crippen LogP contribution is -2.03. The van der Waals surface area contributed by atoms with E-state index >= 15 is 0 Å². The normalized spacial score (nSPS) is 10.7. The van der Waals surface area contributed by atoms with Crippen LogP contribution in [-0.2, 0) is 6.54 Å². The second-order valence-corrected chi connectivity index (χ2v) is 4.14. The van der Waals surface area contributed by atoms with Crippen LogP contribution in [0.3, 0.4) is 0 Å². The molecule has 0 atom stereocenters. The maximum atomic E-state index is 4.21. The molecule has 0 aliphatic carbocycles. The summed E-state index contributed by atoms with van der Waals surface area (Å²) in [5.74, 6) is 0.803. The molecular weight excluding hydrogens is 226 g/mol. The smallest absolute Gasteiger partial charge is 0.156 e. The van der Waals surface area contributed by atoms with E-state index in [0.717, 1.165) is 27.8 Å². The van der Waals surface area contributed by atoms with Crippen molar-refractivity contribution in [3.63, 3.8) is 0 Å². The Bertz CT molecular complexity index is 660. The molecule has 0 bridgehead atoms. The fourth-order valence-corrected chi connectivity index (χ4v) is 1.93. The summed E-state index contributed by atoms with van der Waals surface area (Å²) >= 11 is 0. The molecule has 3 aromatic rings. The van der Waals surface area contributed by atoms with Gasteiger partial charge in [0, 0.05) is 29.1 Å². The first kappa shape index (κ1) is 10.7. The van der Waals surface area contributed by atoms with Crippen molar-refractivity contribution >= 4 is 16.6 Å². The molecule has 0 saturated heterocycles. The van der Waals surface area contributed by atoms with Gasteiger partial charge in [-0.1, -0.05) is 24.3 Å². The van der Waals surface area contributed by atoms with Gasteiger partial charge in [-0.05, 0) is 6.92 Å². The van der Waals surface area contributed by atoms with Gasteiger partial charge in [0.25, 0.3) is 0 Å². The van der Waals surface area contributed by atoms with Crippen LogP contribution in [0.15, 0.2) is 36.7 Å². The molecule has 0 aliphatic rings. The maximum absolute atomic E-state index is 4.21. The summed E-state index contributed by atoms with van der Waals surface area (Å²) in [5, 5.41) is 20.6. The monoisotopic (exact) mass is 239 g/mol. The van der Waals surface area contributed by atoms with Crippen LogP contribution in [0.4, 0.5) is 5.82 Å². The second-order valence-electron chi connectivity index (χ2n) is 4.14. The molecule has 18 heavy (non-hydrogen) atoms. The number of hydrogen-bond acceptors (Lipinski definition) is 4. The number of rotatable bonds is 3. The van der Waals surface area contributed by atoms with Gasteiger partial charge in [0.1, 0.15) is 0 Å². The van der Waals surface area contributed by atoms with Crippen molar-refractivity contribution in [1.29, 1.82) is 0 Å². The van der Waals surface area contributed by atoms with Crippen LogP contribution in [0.5, 0.6) is 0 Å². The highest BCUT2D eigenvalue weighted by molar-refractivity contribution is 5.92. The molecule has 5 nitrogen and oxygen atoms in total. The zero-order valence-corrected chi connectivity index (χ0v) is 10.0. The number of nitrogens with zero attached hydrogens (tertiary/aromatic N) is 3. The molecule has 0 amide bonds. The number of fused-ring (bicyclic) bond motifs is 1. The minimum Gasteiger partial charge on any atom is -0.364 e. The van der Waals surface area contributed by atoms with Crippen molar-refractivity contribution in [3.8, 4) is 0 Å².